The van der Waals surface area contributed by atoms with Gasteiger partial charge < -0.3 is 10.8 Å². The Morgan fingerprint density at radius 3 is 2.35 bits per heavy atom. The van der Waals surface area contributed by atoms with Gasteiger partial charge in [0.1, 0.15) is 11.8 Å². The molecule has 2 aromatic rings. The molecule has 0 saturated heterocycles. The molecule has 0 fully saturated rings. The third-order valence-electron chi connectivity index (χ3n) is 2.20. The first kappa shape index (κ1) is 11.4. The Hall–Kier alpha value is -2.12. The van der Waals surface area contributed by atoms with Crippen molar-refractivity contribution in [2.45, 2.75) is 9.79 Å². The molecule has 3 N–H and O–H groups in total. The molecule has 0 aliphatic heterocycles. The molecule has 0 radical (unpaired) electrons. The molecule has 0 spiro atoms. The van der Waals surface area contributed by atoms with Crippen LogP contribution in [0.1, 0.15) is 5.56 Å². The normalized spacial score (nSPS) is 9.82. The number of hydrogen-bond acceptors (Lipinski definition) is 4. The molecular weight excluding hydrogens is 232 g/mol. The highest BCUT2D eigenvalue weighted by Crippen LogP contribution is 2.30. The Morgan fingerprint density at radius 2 is 1.71 bits per heavy atom. The van der Waals surface area contributed by atoms with Gasteiger partial charge in [-0.1, -0.05) is 11.8 Å². The second-order valence-electron chi connectivity index (χ2n) is 3.46. The molecule has 0 aliphatic rings. The molecular formula is C13H10N2OS. The van der Waals surface area contributed by atoms with Crippen LogP contribution in [0.2, 0.25) is 0 Å². The first-order valence-corrected chi connectivity index (χ1v) is 5.77. The summed E-state index contributed by atoms with van der Waals surface area (Å²) >= 11 is 1.52. The Bertz CT molecular complexity index is 573. The number of nitrogens with two attached hydrogens (primary N) is 1. The SMILES string of the molecule is N#Cc1cc(Sc2ccc(N)cc2)ccc1O. The maximum atomic E-state index is 9.39. The molecule has 17 heavy (non-hydrogen) atoms. The number of nitrogens with zero attached hydrogens (tertiary/aromatic N) is 1. The molecule has 0 heterocycles. The third-order valence-corrected chi connectivity index (χ3v) is 3.20. The van der Waals surface area contributed by atoms with Crippen LogP contribution in [0.25, 0.3) is 0 Å². The van der Waals surface area contributed by atoms with E-state index < -0.39 is 0 Å². The minimum absolute atomic E-state index is 0.00848. The summed E-state index contributed by atoms with van der Waals surface area (Å²) in [4.78, 5) is 1.94. The highest BCUT2D eigenvalue weighted by atomic mass is 32.2. The number of benzene rings is 2. The van der Waals surface area contributed by atoms with Crippen molar-refractivity contribution in [3.8, 4) is 11.8 Å². The highest BCUT2D eigenvalue weighted by Gasteiger charge is 2.03. The summed E-state index contributed by atoms with van der Waals surface area (Å²) < 4.78 is 0. The van der Waals surface area contributed by atoms with Gasteiger partial charge in [0.25, 0.3) is 0 Å². The van der Waals surface area contributed by atoms with Crippen LogP contribution in [0.4, 0.5) is 5.69 Å². The van der Waals surface area contributed by atoms with Gasteiger partial charge in [-0.3, -0.25) is 0 Å². The summed E-state index contributed by atoms with van der Waals surface area (Å²) in [6.07, 6.45) is 0. The lowest BCUT2D eigenvalue weighted by molar-refractivity contribution is 0.473. The van der Waals surface area contributed by atoms with Crippen LogP contribution in [0.3, 0.4) is 0 Å². The molecule has 0 bridgehead atoms. The van der Waals surface area contributed by atoms with Gasteiger partial charge in [0.15, 0.2) is 0 Å². The summed E-state index contributed by atoms with van der Waals surface area (Å²) in [6.45, 7) is 0. The van der Waals surface area contributed by atoms with E-state index in [1.165, 1.54) is 17.8 Å². The zero-order valence-corrected chi connectivity index (χ0v) is 9.74. The second kappa shape index (κ2) is 4.81. The zero-order chi connectivity index (χ0) is 12.3. The number of rotatable bonds is 2. The van der Waals surface area contributed by atoms with E-state index >= 15 is 0 Å². The average molecular weight is 242 g/mol. The maximum absolute atomic E-state index is 9.39. The van der Waals surface area contributed by atoms with E-state index in [0.29, 0.717) is 0 Å². The lowest BCUT2D eigenvalue weighted by Gasteiger charge is -2.03. The molecule has 2 rings (SSSR count). The molecule has 0 aromatic heterocycles. The minimum atomic E-state index is 0.00848. The number of hydrogen-bond donors (Lipinski definition) is 2. The Labute approximate surface area is 104 Å². The van der Waals surface area contributed by atoms with Crippen molar-refractivity contribution in [1.82, 2.24) is 0 Å². The van der Waals surface area contributed by atoms with E-state index in [2.05, 4.69) is 0 Å². The van der Waals surface area contributed by atoms with Gasteiger partial charge >= 0.3 is 0 Å². The third kappa shape index (κ3) is 2.71. The molecule has 0 amide bonds. The van der Waals surface area contributed by atoms with Crippen molar-refractivity contribution < 1.29 is 5.11 Å². The highest BCUT2D eigenvalue weighted by molar-refractivity contribution is 7.99. The van der Waals surface area contributed by atoms with Crippen LogP contribution in [0.5, 0.6) is 5.75 Å². The number of phenolic OH excluding ortho intramolecular Hbond substituents is 1. The van der Waals surface area contributed by atoms with E-state index in [1.54, 1.807) is 12.1 Å². The van der Waals surface area contributed by atoms with Crippen LogP contribution in [0.15, 0.2) is 52.3 Å². The van der Waals surface area contributed by atoms with Gasteiger partial charge in [-0.25, -0.2) is 0 Å². The molecule has 2 aromatic carbocycles. The molecule has 4 heteroatoms. The summed E-state index contributed by atoms with van der Waals surface area (Å²) in [5.74, 6) is 0.00848. The van der Waals surface area contributed by atoms with Gasteiger partial charge in [0.05, 0.1) is 5.56 Å². The number of anilines is 1. The summed E-state index contributed by atoms with van der Waals surface area (Å²) in [7, 11) is 0. The summed E-state index contributed by atoms with van der Waals surface area (Å²) in [6, 6.07) is 14.4. The minimum Gasteiger partial charge on any atom is -0.507 e. The number of nitrogen functional groups attached to an aromatic ring is 1. The van der Waals surface area contributed by atoms with Gasteiger partial charge in [-0.15, -0.1) is 0 Å². The van der Waals surface area contributed by atoms with Gasteiger partial charge in [-0.05, 0) is 42.5 Å². The van der Waals surface area contributed by atoms with E-state index in [9.17, 15) is 5.11 Å². The van der Waals surface area contributed by atoms with Crippen LogP contribution in [-0.2, 0) is 0 Å². The number of nitriles is 1. The smallest absolute Gasteiger partial charge is 0.133 e. The summed E-state index contributed by atoms with van der Waals surface area (Å²) in [5, 5.41) is 18.2. The van der Waals surface area contributed by atoms with Crippen molar-refractivity contribution >= 4 is 17.4 Å². The standard InChI is InChI=1S/C13H10N2OS/c14-8-9-7-12(5-6-13(9)16)17-11-3-1-10(15)2-4-11/h1-7,16H,15H2. The van der Waals surface area contributed by atoms with Crippen LogP contribution >= 0.6 is 11.8 Å². The Balaban J connectivity index is 2.25. The van der Waals surface area contributed by atoms with Crippen LogP contribution in [-0.4, -0.2) is 5.11 Å². The van der Waals surface area contributed by atoms with Crippen molar-refractivity contribution in [3.05, 3.63) is 48.0 Å². The van der Waals surface area contributed by atoms with Gasteiger partial charge in [0, 0.05) is 15.5 Å². The number of aromatic hydroxyl groups is 1. The topological polar surface area (TPSA) is 70.0 Å². The Morgan fingerprint density at radius 1 is 1.06 bits per heavy atom. The van der Waals surface area contributed by atoms with Crippen LogP contribution in [0, 0.1) is 11.3 Å². The van der Waals surface area contributed by atoms with Crippen molar-refractivity contribution in [2.75, 3.05) is 5.73 Å². The molecule has 0 atom stereocenters. The fourth-order valence-electron chi connectivity index (χ4n) is 1.34. The fraction of sp³-hybridized carbons (Fsp3) is 0. The Kier molecular flexibility index (Phi) is 3.22. The fourth-order valence-corrected chi connectivity index (χ4v) is 2.20. The predicted octanol–water partition coefficient (Wildman–Crippen LogP) is 3.00. The molecule has 3 nitrogen and oxygen atoms in total. The van der Waals surface area contributed by atoms with E-state index in [-0.39, 0.29) is 11.3 Å². The van der Waals surface area contributed by atoms with Crippen molar-refractivity contribution in [2.24, 2.45) is 0 Å². The molecule has 0 aliphatic carbocycles. The van der Waals surface area contributed by atoms with E-state index in [0.717, 1.165) is 15.5 Å². The van der Waals surface area contributed by atoms with Gasteiger partial charge in [-0.2, -0.15) is 5.26 Å². The summed E-state index contributed by atoms with van der Waals surface area (Å²) in [5.41, 5.74) is 6.60. The average Bonchev–Trinajstić information content (AvgIpc) is 2.34. The van der Waals surface area contributed by atoms with E-state index in [1.807, 2.05) is 30.3 Å². The van der Waals surface area contributed by atoms with Crippen molar-refractivity contribution in [1.29, 1.82) is 5.26 Å². The lowest BCUT2D eigenvalue weighted by Crippen LogP contribution is -1.83. The zero-order valence-electron chi connectivity index (χ0n) is 8.92. The second-order valence-corrected chi connectivity index (χ2v) is 4.61. The lowest BCUT2D eigenvalue weighted by atomic mass is 10.2. The molecule has 84 valence electrons. The largest absolute Gasteiger partial charge is 0.507 e. The molecule has 0 saturated carbocycles. The first-order chi connectivity index (χ1) is 8.19. The molecule has 0 unspecified atom stereocenters. The quantitative estimate of drug-likeness (QED) is 0.794. The van der Waals surface area contributed by atoms with Gasteiger partial charge in [0.2, 0.25) is 0 Å². The number of phenols is 1. The predicted molar refractivity (Wildman–Crippen MR) is 67.8 cm³/mol. The van der Waals surface area contributed by atoms with Crippen molar-refractivity contribution in [3.63, 3.8) is 0 Å². The maximum Gasteiger partial charge on any atom is 0.133 e. The first-order valence-electron chi connectivity index (χ1n) is 4.95. The van der Waals surface area contributed by atoms with Crippen LogP contribution < -0.4 is 5.73 Å². The monoisotopic (exact) mass is 242 g/mol. The van der Waals surface area contributed by atoms with E-state index in [4.69, 9.17) is 11.0 Å².